The molecule has 90 valence electrons. The van der Waals surface area contributed by atoms with Gasteiger partial charge in [0.05, 0.1) is 15.7 Å². The summed E-state index contributed by atoms with van der Waals surface area (Å²) < 4.78 is 31.5. The first kappa shape index (κ1) is 12.3. The second-order valence-electron chi connectivity index (χ2n) is 3.35. The highest BCUT2D eigenvalue weighted by Gasteiger charge is 2.18. The summed E-state index contributed by atoms with van der Waals surface area (Å²) in [7, 11) is 0. The Morgan fingerprint density at radius 2 is 2.06 bits per heavy atom. The molecular weight excluding hydrogens is 343 g/mol. The number of esters is 1. The van der Waals surface area contributed by atoms with Crippen LogP contribution in [0.15, 0.2) is 12.1 Å². The van der Waals surface area contributed by atoms with Gasteiger partial charge in [-0.1, -0.05) is 0 Å². The van der Waals surface area contributed by atoms with E-state index in [-0.39, 0.29) is 12.3 Å². The Labute approximate surface area is 109 Å². The van der Waals surface area contributed by atoms with Gasteiger partial charge >= 0.3 is 5.97 Å². The molecule has 1 heterocycles. The van der Waals surface area contributed by atoms with Crippen molar-refractivity contribution in [2.45, 2.75) is 6.92 Å². The lowest BCUT2D eigenvalue weighted by molar-refractivity contribution is 0.0519. The summed E-state index contributed by atoms with van der Waals surface area (Å²) in [6.07, 6.45) is 0. The summed E-state index contributed by atoms with van der Waals surface area (Å²) in [5.41, 5.74) is 0.587. The van der Waals surface area contributed by atoms with Crippen LogP contribution < -0.4 is 0 Å². The van der Waals surface area contributed by atoms with Crippen LogP contribution in [0.2, 0.25) is 0 Å². The van der Waals surface area contributed by atoms with Gasteiger partial charge in [-0.3, -0.25) is 0 Å². The van der Waals surface area contributed by atoms with E-state index < -0.39 is 17.6 Å². The molecule has 1 aromatic heterocycles. The third-order valence-corrected chi connectivity index (χ3v) is 3.38. The number of ether oxygens (including phenoxy) is 1. The molecule has 0 atom stereocenters. The van der Waals surface area contributed by atoms with E-state index in [9.17, 15) is 13.6 Å². The predicted octanol–water partition coefficient (Wildman–Crippen LogP) is 3.23. The van der Waals surface area contributed by atoms with Crippen LogP contribution in [0.1, 0.15) is 17.4 Å². The van der Waals surface area contributed by atoms with Gasteiger partial charge < -0.3 is 9.72 Å². The average molecular weight is 351 g/mol. The van der Waals surface area contributed by atoms with Crippen LogP contribution in [0, 0.1) is 15.2 Å². The molecule has 1 N–H and O–H groups in total. The van der Waals surface area contributed by atoms with E-state index in [1.165, 1.54) is 0 Å². The molecule has 1 aromatic carbocycles. The van der Waals surface area contributed by atoms with Gasteiger partial charge in [0.2, 0.25) is 0 Å². The largest absolute Gasteiger partial charge is 0.461 e. The van der Waals surface area contributed by atoms with Crippen LogP contribution in [0.25, 0.3) is 10.9 Å². The zero-order chi connectivity index (χ0) is 12.6. The molecule has 3 nitrogen and oxygen atoms in total. The molecule has 0 aliphatic rings. The average Bonchev–Trinajstić information content (AvgIpc) is 2.58. The van der Waals surface area contributed by atoms with Crippen LogP contribution in [-0.2, 0) is 4.74 Å². The third kappa shape index (κ3) is 2.13. The Bertz CT molecular complexity index is 595. The molecule has 0 aliphatic heterocycles. The van der Waals surface area contributed by atoms with Crippen molar-refractivity contribution in [1.82, 2.24) is 4.98 Å². The first-order chi connectivity index (χ1) is 8.04. The van der Waals surface area contributed by atoms with E-state index >= 15 is 0 Å². The summed E-state index contributed by atoms with van der Waals surface area (Å²) in [6, 6.07) is 2.08. The normalized spacial score (nSPS) is 10.8. The summed E-state index contributed by atoms with van der Waals surface area (Å²) in [5, 5.41) is 0.465. The Balaban J connectivity index is 2.60. The second kappa shape index (κ2) is 4.59. The summed E-state index contributed by atoms with van der Waals surface area (Å²) in [5.74, 6) is -2.43. The quantitative estimate of drug-likeness (QED) is 0.667. The zero-order valence-corrected chi connectivity index (χ0v) is 11.0. The van der Waals surface area contributed by atoms with E-state index in [1.54, 1.807) is 6.92 Å². The summed E-state index contributed by atoms with van der Waals surface area (Å²) in [6.45, 7) is 1.93. The highest BCUT2D eigenvalue weighted by molar-refractivity contribution is 14.1. The van der Waals surface area contributed by atoms with Gasteiger partial charge in [-0.05, 0) is 35.6 Å². The van der Waals surface area contributed by atoms with Crippen molar-refractivity contribution in [2.75, 3.05) is 6.61 Å². The van der Waals surface area contributed by atoms with Crippen molar-refractivity contribution < 1.29 is 18.3 Å². The Morgan fingerprint density at radius 3 is 2.71 bits per heavy atom. The number of aromatic amines is 1. The fourth-order valence-electron chi connectivity index (χ4n) is 1.50. The number of rotatable bonds is 2. The first-order valence-electron chi connectivity index (χ1n) is 4.88. The fraction of sp³-hybridized carbons (Fsp3) is 0.182. The number of hydrogen-bond donors (Lipinski definition) is 1. The van der Waals surface area contributed by atoms with Gasteiger partial charge in [0.1, 0.15) is 5.69 Å². The van der Waals surface area contributed by atoms with Crippen molar-refractivity contribution in [3.63, 3.8) is 0 Å². The number of nitrogens with one attached hydrogen (secondary N) is 1. The summed E-state index contributed by atoms with van der Waals surface area (Å²) in [4.78, 5) is 14.3. The maximum Gasteiger partial charge on any atom is 0.355 e. The van der Waals surface area contributed by atoms with Gasteiger partial charge in [-0.15, -0.1) is 0 Å². The van der Waals surface area contributed by atoms with Crippen LogP contribution in [-0.4, -0.2) is 17.6 Å². The predicted molar refractivity (Wildman–Crippen MR) is 66.9 cm³/mol. The van der Waals surface area contributed by atoms with E-state index in [0.717, 1.165) is 12.1 Å². The smallest absolute Gasteiger partial charge is 0.355 e. The second-order valence-corrected chi connectivity index (χ2v) is 4.43. The van der Waals surface area contributed by atoms with E-state index in [2.05, 4.69) is 4.98 Å². The highest BCUT2D eigenvalue weighted by atomic mass is 127. The molecule has 0 radical (unpaired) electrons. The molecule has 0 amide bonds. The van der Waals surface area contributed by atoms with Gasteiger partial charge in [-0.2, -0.15) is 0 Å². The lowest BCUT2D eigenvalue weighted by Gasteiger charge is -1.98. The topological polar surface area (TPSA) is 42.1 Å². The van der Waals surface area contributed by atoms with Crippen LogP contribution in [0.4, 0.5) is 8.78 Å². The standard InChI is InChI=1S/C11H8F2INO2/c1-2-17-11(16)10-9(14)5-3-6(12)7(13)4-8(5)15-10/h3-4,15H,2H2,1H3. The molecular formula is C11H8F2INO2. The van der Waals surface area contributed by atoms with Crippen molar-refractivity contribution in [1.29, 1.82) is 0 Å². The molecule has 0 bridgehead atoms. The molecule has 0 fully saturated rings. The SMILES string of the molecule is CCOC(=O)c1[nH]c2cc(F)c(F)cc2c1I. The lowest BCUT2D eigenvalue weighted by Crippen LogP contribution is -2.06. The third-order valence-electron chi connectivity index (χ3n) is 2.26. The number of H-pyrrole nitrogens is 1. The fourth-order valence-corrected chi connectivity index (χ4v) is 2.30. The van der Waals surface area contributed by atoms with Gasteiger partial charge in [0, 0.05) is 11.5 Å². The molecule has 2 aromatic rings. The number of fused-ring (bicyclic) bond motifs is 1. The van der Waals surface area contributed by atoms with Crippen molar-refractivity contribution in [2.24, 2.45) is 0 Å². The monoisotopic (exact) mass is 351 g/mol. The summed E-state index contributed by atoms with van der Waals surface area (Å²) >= 11 is 1.90. The molecule has 2 rings (SSSR count). The van der Waals surface area contributed by atoms with Crippen molar-refractivity contribution in [3.8, 4) is 0 Å². The number of hydrogen-bond acceptors (Lipinski definition) is 2. The van der Waals surface area contributed by atoms with Crippen molar-refractivity contribution in [3.05, 3.63) is 33.0 Å². The molecule has 6 heteroatoms. The molecule has 17 heavy (non-hydrogen) atoms. The zero-order valence-electron chi connectivity index (χ0n) is 8.81. The van der Waals surface area contributed by atoms with Crippen molar-refractivity contribution >= 4 is 39.5 Å². The molecule has 0 unspecified atom stereocenters. The van der Waals surface area contributed by atoms with Gasteiger partial charge in [0.15, 0.2) is 11.6 Å². The Hall–Kier alpha value is -1.18. The minimum Gasteiger partial charge on any atom is -0.461 e. The molecule has 0 saturated heterocycles. The minimum atomic E-state index is -0.953. The number of carbonyl (C=O) groups excluding carboxylic acids is 1. The minimum absolute atomic E-state index is 0.215. The van der Waals surface area contributed by atoms with Gasteiger partial charge in [0.25, 0.3) is 0 Å². The van der Waals surface area contributed by atoms with Crippen LogP contribution in [0.3, 0.4) is 0 Å². The highest BCUT2D eigenvalue weighted by Crippen LogP contribution is 2.26. The number of aromatic nitrogens is 1. The lowest BCUT2D eigenvalue weighted by atomic mass is 10.2. The van der Waals surface area contributed by atoms with E-state index in [1.807, 2.05) is 22.6 Å². The first-order valence-corrected chi connectivity index (χ1v) is 5.95. The Morgan fingerprint density at radius 1 is 1.41 bits per heavy atom. The molecule has 0 spiro atoms. The molecule has 0 aliphatic carbocycles. The van der Waals surface area contributed by atoms with Crippen LogP contribution in [0.5, 0.6) is 0 Å². The van der Waals surface area contributed by atoms with E-state index in [0.29, 0.717) is 14.5 Å². The van der Waals surface area contributed by atoms with E-state index in [4.69, 9.17) is 4.74 Å². The van der Waals surface area contributed by atoms with Crippen LogP contribution >= 0.6 is 22.6 Å². The number of carbonyl (C=O) groups is 1. The maximum absolute atomic E-state index is 13.1. The number of halogens is 3. The maximum atomic E-state index is 13.1. The number of benzene rings is 1. The van der Waals surface area contributed by atoms with Gasteiger partial charge in [-0.25, -0.2) is 13.6 Å². The Kier molecular flexibility index (Phi) is 3.32. The molecule has 0 saturated carbocycles.